The van der Waals surface area contributed by atoms with E-state index in [0.717, 1.165) is 22.5 Å². The average molecular weight is 287 g/mol. The van der Waals surface area contributed by atoms with Gasteiger partial charge < -0.3 is 9.84 Å². The van der Waals surface area contributed by atoms with Crippen LogP contribution in [0.2, 0.25) is 0 Å². The highest BCUT2D eigenvalue weighted by molar-refractivity contribution is 9.10. The van der Waals surface area contributed by atoms with E-state index in [2.05, 4.69) is 37.8 Å². The minimum atomic E-state index is 0.713. The first-order valence-electron chi connectivity index (χ1n) is 4.60. The zero-order valence-corrected chi connectivity index (χ0v) is 10.7. The Balaban J connectivity index is 1.83. The molecule has 0 saturated carbocycles. The molecule has 2 rings (SSSR count). The first-order valence-corrected chi connectivity index (χ1v) is 6.28. The molecular weight excluding hydrogens is 276 g/mol. The summed E-state index contributed by atoms with van der Waals surface area (Å²) in [5, 5.41) is 9.20. The van der Waals surface area contributed by atoms with Gasteiger partial charge in [-0.1, -0.05) is 5.16 Å². The number of halogens is 1. The van der Waals surface area contributed by atoms with Crippen molar-refractivity contribution in [3.63, 3.8) is 0 Å². The van der Waals surface area contributed by atoms with Crippen molar-refractivity contribution in [3.05, 3.63) is 38.3 Å². The third kappa shape index (κ3) is 2.90. The molecule has 80 valence electrons. The summed E-state index contributed by atoms with van der Waals surface area (Å²) < 4.78 is 6.25. The van der Waals surface area contributed by atoms with Crippen molar-refractivity contribution in [1.29, 1.82) is 0 Å². The number of thiophene rings is 1. The van der Waals surface area contributed by atoms with Gasteiger partial charge in [0.1, 0.15) is 0 Å². The van der Waals surface area contributed by atoms with Gasteiger partial charge in [0.25, 0.3) is 0 Å². The van der Waals surface area contributed by atoms with Gasteiger partial charge in [-0.05, 0) is 34.3 Å². The van der Waals surface area contributed by atoms with Gasteiger partial charge in [-0.3, -0.25) is 0 Å². The van der Waals surface area contributed by atoms with Crippen molar-refractivity contribution in [2.45, 2.75) is 20.0 Å². The van der Waals surface area contributed by atoms with Crippen LogP contribution in [0.5, 0.6) is 0 Å². The fourth-order valence-corrected chi connectivity index (χ4v) is 2.71. The molecule has 0 bridgehead atoms. The van der Waals surface area contributed by atoms with Crippen LogP contribution in [0.25, 0.3) is 0 Å². The van der Waals surface area contributed by atoms with Gasteiger partial charge in [-0.15, -0.1) is 11.3 Å². The lowest BCUT2D eigenvalue weighted by atomic mass is 10.4. The molecule has 0 aliphatic carbocycles. The first-order chi connectivity index (χ1) is 7.25. The summed E-state index contributed by atoms with van der Waals surface area (Å²) in [5.41, 5.74) is 0.920. The maximum atomic E-state index is 5.09. The van der Waals surface area contributed by atoms with Gasteiger partial charge >= 0.3 is 0 Å². The maximum Gasteiger partial charge on any atom is 0.150 e. The lowest BCUT2D eigenvalue weighted by molar-refractivity contribution is 0.369. The molecule has 5 heteroatoms. The zero-order chi connectivity index (χ0) is 10.7. The van der Waals surface area contributed by atoms with E-state index >= 15 is 0 Å². The second-order valence-corrected chi connectivity index (χ2v) is 5.08. The van der Waals surface area contributed by atoms with Crippen LogP contribution in [0.3, 0.4) is 0 Å². The standard InChI is InChI=1S/C10H11BrN2OS/c1-7-4-8(14-13-7)5-12-6-10-9(11)2-3-15-10/h2-4,12H,5-6H2,1H3. The predicted molar refractivity (Wildman–Crippen MR) is 63.8 cm³/mol. The third-order valence-corrected chi connectivity index (χ3v) is 3.88. The topological polar surface area (TPSA) is 38.1 Å². The third-order valence-electron chi connectivity index (χ3n) is 1.95. The molecule has 0 atom stereocenters. The SMILES string of the molecule is Cc1cc(CNCc2sccc2Br)on1. The van der Waals surface area contributed by atoms with Crippen LogP contribution in [0.4, 0.5) is 0 Å². The van der Waals surface area contributed by atoms with E-state index in [9.17, 15) is 0 Å². The number of rotatable bonds is 4. The molecule has 0 spiro atoms. The van der Waals surface area contributed by atoms with Crippen molar-refractivity contribution < 1.29 is 4.52 Å². The highest BCUT2D eigenvalue weighted by atomic mass is 79.9. The minimum Gasteiger partial charge on any atom is -0.360 e. The number of hydrogen-bond acceptors (Lipinski definition) is 4. The normalized spacial score (nSPS) is 10.8. The number of nitrogens with one attached hydrogen (secondary N) is 1. The molecule has 0 aromatic carbocycles. The summed E-state index contributed by atoms with van der Waals surface area (Å²) in [5.74, 6) is 0.875. The van der Waals surface area contributed by atoms with E-state index in [-0.39, 0.29) is 0 Å². The molecule has 1 N–H and O–H groups in total. The lowest BCUT2D eigenvalue weighted by Gasteiger charge is -1.99. The van der Waals surface area contributed by atoms with Gasteiger partial charge in [0, 0.05) is 22.0 Å². The van der Waals surface area contributed by atoms with E-state index < -0.39 is 0 Å². The molecule has 2 heterocycles. The molecule has 0 aliphatic rings. The van der Waals surface area contributed by atoms with Gasteiger partial charge in [0.05, 0.1) is 12.2 Å². The molecule has 3 nitrogen and oxygen atoms in total. The highest BCUT2D eigenvalue weighted by Gasteiger charge is 2.02. The molecule has 2 aromatic heterocycles. The average Bonchev–Trinajstić information content (AvgIpc) is 2.77. The van der Waals surface area contributed by atoms with Crippen molar-refractivity contribution in [2.24, 2.45) is 0 Å². The summed E-state index contributed by atoms with van der Waals surface area (Å²) in [6.45, 7) is 3.48. The van der Waals surface area contributed by atoms with Gasteiger partial charge in [-0.2, -0.15) is 0 Å². The second kappa shape index (κ2) is 4.92. The number of nitrogens with zero attached hydrogens (tertiary/aromatic N) is 1. The quantitative estimate of drug-likeness (QED) is 0.939. The number of aryl methyl sites for hydroxylation is 1. The van der Waals surface area contributed by atoms with Crippen LogP contribution >= 0.6 is 27.3 Å². The molecule has 0 fully saturated rings. The summed E-state index contributed by atoms with van der Waals surface area (Å²) in [7, 11) is 0. The van der Waals surface area contributed by atoms with Crippen molar-refractivity contribution in [3.8, 4) is 0 Å². The molecule has 2 aromatic rings. The minimum absolute atomic E-state index is 0.713. The fraction of sp³-hybridized carbons (Fsp3) is 0.300. The van der Waals surface area contributed by atoms with Crippen molar-refractivity contribution in [2.75, 3.05) is 0 Å². The number of aromatic nitrogens is 1. The summed E-state index contributed by atoms with van der Waals surface area (Å²) in [6.07, 6.45) is 0. The van der Waals surface area contributed by atoms with Crippen LogP contribution in [0, 0.1) is 6.92 Å². The zero-order valence-electron chi connectivity index (χ0n) is 8.29. The summed E-state index contributed by atoms with van der Waals surface area (Å²) in [4.78, 5) is 1.30. The van der Waals surface area contributed by atoms with E-state index in [4.69, 9.17) is 4.52 Å². The smallest absolute Gasteiger partial charge is 0.150 e. The maximum absolute atomic E-state index is 5.09. The van der Waals surface area contributed by atoms with Crippen molar-refractivity contribution in [1.82, 2.24) is 10.5 Å². The summed E-state index contributed by atoms with van der Waals surface area (Å²) in [6, 6.07) is 4.00. The Hall–Kier alpha value is -0.650. The first kappa shape index (κ1) is 10.9. The molecular formula is C10H11BrN2OS. The second-order valence-electron chi connectivity index (χ2n) is 3.23. The van der Waals surface area contributed by atoms with E-state index in [1.54, 1.807) is 11.3 Å². The van der Waals surface area contributed by atoms with Gasteiger partial charge in [0.15, 0.2) is 5.76 Å². The molecule has 0 radical (unpaired) electrons. The van der Waals surface area contributed by atoms with E-state index in [0.29, 0.717) is 6.54 Å². The lowest BCUT2D eigenvalue weighted by Crippen LogP contribution is -2.11. The van der Waals surface area contributed by atoms with E-state index in [1.807, 2.05) is 13.0 Å². The number of hydrogen-bond donors (Lipinski definition) is 1. The largest absolute Gasteiger partial charge is 0.360 e. The molecule has 15 heavy (non-hydrogen) atoms. The van der Waals surface area contributed by atoms with Crippen LogP contribution in [0.15, 0.2) is 26.5 Å². The Morgan fingerprint density at radius 3 is 3.00 bits per heavy atom. The van der Waals surface area contributed by atoms with Crippen LogP contribution < -0.4 is 5.32 Å². The Bertz CT molecular complexity index is 438. The van der Waals surface area contributed by atoms with Gasteiger partial charge in [-0.25, -0.2) is 0 Å². The molecule has 0 aliphatic heterocycles. The predicted octanol–water partition coefficient (Wildman–Crippen LogP) is 3.10. The Morgan fingerprint density at radius 1 is 1.53 bits per heavy atom. The van der Waals surface area contributed by atoms with Crippen LogP contribution in [0.1, 0.15) is 16.3 Å². The highest BCUT2D eigenvalue weighted by Crippen LogP contribution is 2.22. The summed E-state index contributed by atoms with van der Waals surface area (Å²) >= 11 is 5.23. The molecule has 0 amide bonds. The van der Waals surface area contributed by atoms with Crippen LogP contribution in [-0.2, 0) is 13.1 Å². The molecule has 0 saturated heterocycles. The fourth-order valence-electron chi connectivity index (χ4n) is 1.25. The monoisotopic (exact) mass is 286 g/mol. The van der Waals surface area contributed by atoms with Crippen LogP contribution in [-0.4, -0.2) is 5.16 Å². The van der Waals surface area contributed by atoms with E-state index in [1.165, 1.54) is 4.88 Å². The Kier molecular flexibility index (Phi) is 3.56. The Labute approximate surface area is 101 Å². The molecule has 0 unspecified atom stereocenters. The van der Waals surface area contributed by atoms with Crippen molar-refractivity contribution >= 4 is 27.3 Å². The van der Waals surface area contributed by atoms with Gasteiger partial charge in [0.2, 0.25) is 0 Å². The Morgan fingerprint density at radius 2 is 2.40 bits per heavy atom.